The Labute approximate surface area is 380 Å². The molecule has 18 heteroatoms. The molecule has 0 radical (unpaired) electrons. The summed E-state index contributed by atoms with van der Waals surface area (Å²) < 4.78 is 67.0. The average Bonchev–Trinajstić information content (AvgIpc) is 4.00. The van der Waals surface area contributed by atoms with Crippen LogP contribution in [-0.4, -0.2) is 72.5 Å². The Morgan fingerprint density at radius 1 is 0.940 bits per heavy atom. The molecule has 1 N–H and O–H groups in total. The second-order valence-corrected chi connectivity index (χ2v) is 19.6. The molecule has 1 saturated carbocycles. The Bertz CT molecular complexity index is 3510. The fourth-order valence-corrected chi connectivity index (χ4v) is 11.8. The molecule has 344 valence electrons. The Morgan fingerprint density at radius 2 is 1.70 bits per heavy atom. The van der Waals surface area contributed by atoms with Crippen LogP contribution in [0, 0.1) is 37.2 Å². The highest BCUT2D eigenvalue weighted by Gasteiger charge is 2.60. The van der Waals surface area contributed by atoms with E-state index in [1.54, 1.807) is 71.4 Å². The molecule has 3 fully saturated rings. The van der Waals surface area contributed by atoms with Gasteiger partial charge in [0.2, 0.25) is 0 Å². The van der Waals surface area contributed by atoms with E-state index in [1.165, 1.54) is 27.6 Å². The van der Waals surface area contributed by atoms with Crippen LogP contribution in [0.25, 0.3) is 39.0 Å². The minimum atomic E-state index is -1.10. The maximum Gasteiger partial charge on any atom is 0.438 e. The van der Waals surface area contributed by atoms with E-state index >= 15 is 18.0 Å². The molecule has 1 amide bonds. The number of nitrogens with one attached hydrogen (secondary N) is 1. The van der Waals surface area contributed by atoms with Crippen LogP contribution in [0.4, 0.5) is 13.2 Å². The van der Waals surface area contributed by atoms with Gasteiger partial charge in [0.1, 0.15) is 28.7 Å². The molecule has 1 aliphatic carbocycles. The maximum atomic E-state index is 17.1. The number of amides is 1. The van der Waals surface area contributed by atoms with Gasteiger partial charge < -0.3 is 14.2 Å². The molecule has 12 rings (SSSR count). The number of fused-ring (bicyclic) bond motifs is 6. The molecule has 5 atom stereocenters. The standard InChI is InChI=1S/C49H47F3N10O5/c1-24-15-31(16-25(2)40(24)51)62-43(59-13-12-58(47(59)65)37-10-9-35-32(41(37)52)23-53-57(35)6)39-34(55-62)20-30-7-8-36(39)60(30)44(63)38-19-29-17-28(27-11-14-66-48(4,5)22-27)18-33(50)42(29)61(38)49(21-26(49)3)45-54-46(64)67-56-45/h9-10,12-13,15-19,23,26-27,30,36H,7-8,11,14,20-22H2,1-6H3,(H,54,56,64)/t26-,27?,30+,36-,49-/m0/s1. The SMILES string of the molecule is Cc1cc(-n2nc3c(c2-n2ccn(-c4ccc5c(cnn5C)c4F)c2=O)[C@@H]2CC[C@H](C3)N2C(=O)c2cc3cc(C4CCOC(C)(C)C4)cc(F)c3n2[C@@]2(c3noc(=O)[nH]3)C[C@@H]2C)cc(C)c1F. The lowest BCUT2D eigenvalue weighted by Gasteiger charge is -2.36. The zero-order valence-corrected chi connectivity index (χ0v) is 37.7. The second-order valence-electron chi connectivity index (χ2n) is 19.6. The van der Waals surface area contributed by atoms with Crippen LogP contribution in [-0.2, 0) is 23.7 Å². The van der Waals surface area contributed by atoms with Gasteiger partial charge in [0.15, 0.2) is 11.6 Å². The summed E-state index contributed by atoms with van der Waals surface area (Å²) in [5.41, 5.74) is 2.31. The van der Waals surface area contributed by atoms with Crippen LogP contribution in [0.15, 0.2) is 75.2 Å². The minimum absolute atomic E-state index is 0.0239. The summed E-state index contributed by atoms with van der Waals surface area (Å²) in [5, 5.41) is 14.2. The van der Waals surface area contributed by atoms with Crippen molar-refractivity contribution < 1.29 is 27.2 Å². The largest absolute Gasteiger partial charge is 0.438 e. The molecular formula is C49H47F3N10O5. The molecule has 8 heterocycles. The first-order chi connectivity index (χ1) is 32.0. The second kappa shape index (κ2) is 14.3. The zero-order valence-electron chi connectivity index (χ0n) is 37.7. The summed E-state index contributed by atoms with van der Waals surface area (Å²) in [6.45, 7) is 9.88. The van der Waals surface area contributed by atoms with Crippen LogP contribution in [0.5, 0.6) is 0 Å². The van der Waals surface area contributed by atoms with Gasteiger partial charge in [-0.1, -0.05) is 12.1 Å². The minimum Gasteiger partial charge on any atom is -0.376 e. The Balaban J connectivity index is 1.03. The van der Waals surface area contributed by atoms with E-state index in [9.17, 15) is 9.59 Å². The van der Waals surface area contributed by atoms with Gasteiger partial charge in [-0.05, 0) is 131 Å². The van der Waals surface area contributed by atoms with Crippen molar-refractivity contribution in [3.05, 3.63) is 139 Å². The molecule has 3 aliphatic heterocycles. The Morgan fingerprint density at radius 3 is 2.42 bits per heavy atom. The van der Waals surface area contributed by atoms with Crippen molar-refractivity contribution in [2.45, 2.75) is 102 Å². The summed E-state index contributed by atoms with van der Waals surface area (Å²) in [6.07, 6.45) is 7.78. The number of nitrogens with zero attached hydrogens (tertiary/aromatic N) is 9. The molecule has 8 aromatic rings. The lowest BCUT2D eigenvalue weighted by Crippen LogP contribution is -2.43. The van der Waals surface area contributed by atoms with Crippen molar-refractivity contribution in [3.63, 3.8) is 0 Å². The third-order valence-corrected chi connectivity index (χ3v) is 15.0. The fourth-order valence-electron chi connectivity index (χ4n) is 11.8. The summed E-state index contributed by atoms with van der Waals surface area (Å²) in [7, 11) is 1.71. The number of rotatable bonds is 7. The van der Waals surface area contributed by atoms with E-state index in [0.29, 0.717) is 83.5 Å². The van der Waals surface area contributed by atoms with Gasteiger partial charge in [-0.2, -0.15) is 10.2 Å². The summed E-state index contributed by atoms with van der Waals surface area (Å²) >= 11 is 0. The molecule has 67 heavy (non-hydrogen) atoms. The number of aromatic amines is 1. The fraction of sp³-hybridized carbons (Fsp3) is 0.388. The van der Waals surface area contributed by atoms with Crippen LogP contribution < -0.4 is 11.4 Å². The first kappa shape index (κ1) is 41.5. The number of aromatic nitrogens is 9. The van der Waals surface area contributed by atoms with Gasteiger partial charge in [-0.15, -0.1) is 0 Å². The highest BCUT2D eigenvalue weighted by molar-refractivity contribution is 6.00. The van der Waals surface area contributed by atoms with E-state index in [1.807, 2.05) is 31.7 Å². The molecule has 2 bridgehead atoms. The Hall–Kier alpha value is -6.95. The molecule has 1 unspecified atom stereocenters. The van der Waals surface area contributed by atoms with E-state index in [4.69, 9.17) is 14.4 Å². The number of carbonyl (C=O) groups is 1. The first-order valence-corrected chi connectivity index (χ1v) is 22.7. The molecule has 3 aromatic carbocycles. The molecule has 0 spiro atoms. The summed E-state index contributed by atoms with van der Waals surface area (Å²) in [5.74, 6) is -2.21. The highest BCUT2D eigenvalue weighted by atomic mass is 19.1. The van der Waals surface area contributed by atoms with E-state index in [2.05, 4.69) is 15.2 Å². The topological polar surface area (TPSA) is 156 Å². The van der Waals surface area contributed by atoms with Gasteiger partial charge in [0, 0.05) is 49.5 Å². The number of ether oxygens (including phenoxy) is 1. The third-order valence-electron chi connectivity index (χ3n) is 15.0. The molecule has 5 aromatic heterocycles. The van der Waals surface area contributed by atoms with Gasteiger partial charge >= 0.3 is 11.4 Å². The molecule has 15 nitrogen and oxygen atoms in total. The van der Waals surface area contributed by atoms with Crippen LogP contribution >= 0.6 is 0 Å². The summed E-state index contributed by atoms with van der Waals surface area (Å²) in [6, 6.07) is 10.9. The number of benzene rings is 3. The summed E-state index contributed by atoms with van der Waals surface area (Å²) in [4.78, 5) is 47.6. The van der Waals surface area contributed by atoms with E-state index < -0.39 is 34.7 Å². The smallest absolute Gasteiger partial charge is 0.376 e. The van der Waals surface area contributed by atoms with Gasteiger partial charge in [-0.25, -0.2) is 27.4 Å². The van der Waals surface area contributed by atoms with E-state index in [-0.39, 0.29) is 63.3 Å². The monoisotopic (exact) mass is 912 g/mol. The quantitative estimate of drug-likeness (QED) is 0.170. The number of halogens is 3. The van der Waals surface area contributed by atoms with Crippen molar-refractivity contribution >= 4 is 27.7 Å². The normalized spacial score (nSPS) is 23.1. The van der Waals surface area contributed by atoms with Gasteiger partial charge in [0.05, 0.1) is 51.3 Å². The highest BCUT2D eigenvalue weighted by Crippen LogP contribution is 2.57. The number of hydrogen-bond acceptors (Lipinski definition) is 8. The lowest BCUT2D eigenvalue weighted by molar-refractivity contribution is -0.0593. The van der Waals surface area contributed by atoms with Crippen molar-refractivity contribution in [3.8, 4) is 17.2 Å². The Kier molecular flexibility index (Phi) is 8.84. The number of carbonyl (C=O) groups excluding carboxylic acids is 1. The maximum absolute atomic E-state index is 17.1. The van der Waals surface area contributed by atoms with Gasteiger partial charge in [-0.3, -0.25) is 28.1 Å². The number of imidazole rings is 1. The van der Waals surface area contributed by atoms with Crippen LogP contribution in [0.3, 0.4) is 0 Å². The third kappa shape index (κ3) is 5.99. The van der Waals surface area contributed by atoms with Crippen molar-refractivity contribution in [2.75, 3.05) is 6.61 Å². The van der Waals surface area contributed by atoms with E-state index in [0.717, 1.165) is 12.0 Å². The molecular weight excluding hydrogens is 866 g/mol. The van der Waals surface area contributed by atoms with Crippen molar-refractivity contribution in [2.24, 2.45) is 13.0 Å². The molecule has 4 aliphatic rings. The number of hydrogen-bond donors (Lipinski definition) is 1. The number of H-pyrrole nitrogens is 1. The van der Waals surface area contributed by atoms with Gasteiger partial charge in [0.25, 0.3) is 5.91 Å². The average molecular weight is 913 g/mol. The molecule has 2 saturated heterocycles. The predicted octanol–water partition coefficient (Wildman–Crippen LogP) is 7.72. The zero-order chi connectivity index (χ0) is 46.6. The van der Waals surface area contributed by atoms with Crippen LogP contribution in [0.1, 0.15) is 109 Å². The van der Waals surface area contributed by atoms with Crippen molar-refractivity contribution in [1.82, 2.24) is 48.3 Å². The predicted molar refractivity (Wildman–Crippen MR) is 240 cm³/mol. The number of aryl methyl sites for hydroxylation is 3. The van der Waals surface area contributed by atoms with Crippen molar-refractivity contribution in [1.29, 1.82) is 0 Å². The lowest BCUT2D eigenvalue weighted by atomic mass is 9.83. The first-order valence-electron chi connectivity index (χ1n) is 22.7. The van der Waals surface area contributed by atoms with Crippen LogP contribution in [0.2, 0.25) is 0 Å².